The number of rotatable bonds is 2. The van der Waals surface area contributed by atoms with Gasteiger partial charge < -0.3 is 5.73 Å². The molecule has 80 valence electrons. The van der Waals surface area contributed by atoms with Gasteiger partial charge in [0.15, 0.2) is 5.78 Å². The maximum Gasteiger partial charge on any atom is 0.186 e. The number of aromatic nitrogens is 2. The summed E-state index contributed by atoms with van der Waals surface area (Å²) in [5.74, 6) is 0.219. The van der Waals surface area contributed by atoms with Crippen LogP contribution in [0.4, 0.5) is 0 Å². The van der Waals surface area contributed by atoms with Gasteiger partial charge in [0.25, 0.3) is 0 Å². The molecule has 1 saturated carbocycles. The second kappa shape index (κ2) is 4.49. The highest BCUT2D eigenvalue weighted by atomic mass is 16.1. The van der Waals surface area contributed by atoms with Crippen molar-refractivity contribution in [3.05, 3.63) is 24.0 Å². The van der Waals surface area contributed by atoms with E-state index in [2.05, 4.69) is 10.2 Å². The molecule has 1 aliphatic carbocycles. The van der Waals surface area contributed by atoms with Crippen LogP contribution >= 0.6 is 0 Å². The van der Waals surface area contributed by atoms with E-state index in [0.29, 0.717) is 5.69 Å². The van der Waals surface area contributed by atoms with Crippen LogP contribution in [0.1, 0.15) is 36.2 Å². The second-order valence-electron chi connectivity index (χ2n) is 4.08. The van der Waals surface area contributed by atoms with E-state index in [9.17, 15) is 4.79 Å². The van der Waals surface area contributed by atoms with Crippen LogP contribution < -0.4 is 5.73 Å². The molecule has 2 rings (SSSR count). The van der Waals surface area contributed by atoms with Gasteiger partial charge in [-0.2, -0.15) is 5.10 Å². The third kappa shape index (κ3) is 2.39. The first-order valence-corrected chi connectivity index (χ1v) is 5.35. The van der Waals surface area contributed by atoms with Crippen molar-refractivity contribution in [2.24, 2.45) is 11.7 Å². The molecule has 15 heavy (non-hydrogen) atoms. The Morgan fingerprint density at radius 3 is 2.67 bits per heavy atom. The van der Waals surface area contributed by atoms with Gasteiger partial charge in [-0.3, -0.25) is 4.79 Å². The van der Waals surface area contributed by atoms with Gasteiger partial charge in [-0.15, -0.1) is 5.10 Å². The quantitative estimate of drug-likeness (QED) is 0.736. The predicted octanol–water partition coefficient (Wildman–Crippen LogP) is 1.18. The molecule has 0 bridgehead atoms. The summed E-state index contributed by atoms with van der Waals surface area (Å²) < 4.78 is 0. The summed E-state index contributed by atoms with van der Waals surface area (Å²) in [6, 6.07) is 3.74. The number of ketones is 1. The molecule has 1 aliphatic rings. The maximum atomic E-state index is 12.0. The summed E-state index contributed by atoms with van der Waals surface area (Å²) in [4.78, 5) is 12.0. The van der Waals surface area contributed by atoms with Crippen LogP contribution in [0.15, 0.2) is 18.3 Å². The van der Waals surface area contributed by atoms with E-state index < -0.39 is 0 Å². The van der Waals surface area contributed by atoms with Crippen molar-refractivity contribution in [3.8, 4) is 0 Å². The fourth-order valence-corrected chi connectivity index (χ4v) is 2.02. The van der Waals surface area contributed by atoms with Gasteiger partial charge in [0.05, 0.1) is 0 Å². The van der Waals surface area contributed by atoms with Crippen molar-refractivity contribution in [1.29, 1.82) is 0 Å². The molecule has 2 N–H and O–H groups in total. The Labute approximate surface area is 88.9 Å². The second-order valence-corrected chi connectivity index (χ2v) is 4.08. The van der Waals surface area contributed by atoms with Crippen molar-refractivity contribution in [2.75, 3.05) is 0 Å². The molecule has 1 heterocycles. The first-order chi connectivity index (χ1) is 7.27. The van der Waals surface area contributed by atoms with Gasteiger partial charge in [-0.1, -0.05) is 0 Å². The highest BCUT2D eigenvalue weighted by Crippen LogP contribution is 2.25. The van der Waals surface area contributed by atoms with Crippen LogP contribution in [0.3, 0.4) is 0 Å². The van der Waals surface area contributed by atoms with Crippen molar-refractivity contribution in [1.82, 2.24) is 10.2 Å². The lowest BCUT2D eigenvalue weighted by molar-refractivity contribution is 0.0878. The summed E-state index contributed by atoms with van der Waals surface area (Å²) in [5.41, 5.74) is 6.28. The topological polar surface area (TPSA) is 68.9 Å². The summed E-state index contributed by atoms with van der Waals surface area (Å²) in [5, 5.41) is 7.56. The molecule has 0 saturated heterocycles. The number of carbonyl (C=O) groups is 1. The van der Waals surface area contributed by atoms with Gasteiger partial charge >= 0.3 is 0 Å². The molecule has 4 nitrogen and oxygen atoms in total. The molecule has 1 fully saturated rings. The Kier molecular flexibility index (Phi) is 3.06. The Morgan fingerprint density at radius 1 is 1.33 bits per heavy atom. The van der Waals surface area contributed by atoms with Gasteiger partial charge in [-0.25, -0.2) is 0 Å². The number of carbonyl (C=O) groups excluding carboxylic acids is 1. The minimum absolute atomic E-state index is 0.0986. The smallest absolute Gasteiger partial charge is 0.186 e. The van der Waals surface area contributed by atoms with E-state index in [1.54, 1.807) is 18.3 Å². The molecule has 1 aromatic rings. The monoisotopic (exact) mass is 205 g/mol. The van der Waals surface area contributed by atoms with Gasteiger partial charge in [0, 0.05) is 18.2 Å². The number of Topliss-reactive ketones (excluding diaryl/α,β-unsaturated/α-hetero) is 1. The summed E-state index contributed by atoms with van der Waals surface area (Å²) in [6.07, 6.45) is 5.23. The van der Waals surface area contributed by atoms with E-state index >= 15 is 0 Å². The van der Waals surface area contributed by atoms with Crippen LogP contribution in [0.2, 0.25) is 0 Å². The molecule has 0 aromatic carbocycles. The highest BCUT2D eigenvalue weighted by molar-refractivity contribution is 5.95. The molecular weight excluding hydrogens is 190 g/mol. The SMILES string of the molecule is NC1CCC(C(=O)c2cccnn2)CC1. The zero-order valence-electron chi connectivity index (χ0n) is 8.60. The molecule has 1 aromatic heterocycles. The first kappa shape index (κ1) is 10.2. The highest BCUT2D eigenvalue weighted by Gasteiger charge is 2.26. The van der Waals surface area contributed by atoms with Gasteiger partial charge in [-0.05, 0) is 37.8 Å². The van der Waals surface area contributed by atoms with Crippen LogP contribution in [-0.4, -0.2) is 22.0 Å². The maximum absolute atomic E-state index is 12.0. The Balaban J connectivity index is 2.03. The minimum Gasteiger partial charge on any atom is -0.328 e. The summed E-state index contributed by atoms with van der Waals surface area (Å²) in [7, 11) is 0. The Hall–Kier alpha value is -1.29. The van der Waals surface area contributed by atoms with Crippen molar-refractivity contribution in [3.63, 3.8) is 0 Å². The zero-order chi connectivity index (χ0) is 10.7. The minimum atomic E-state index is 0.0986. The van der Waals surface area contributed by atoms with Crippen LogP contribution in [0, 0.1) is 5.92 Å². The average Bonchev–Trinajstić information content (AvgIpc) is 2.30. The first-order valence-electron chi connectivity index (χ1n) is 5.35. The van der Waals surface area contributed by atoms with Crippen molar-refractivity contribution >= 4 is 5.78 Å². The third-order valence-electron chi connectivity index (χ3n) is 2.97. The number of nitrogens with two attached hydrogens (primary N) is 1. The van der Waals surface area contributed by atoms with Gasteiger partial charge in [0.1, 0.15) is 5.69 Å². The lowest BCUT2D eigenvalue weighted by Crippen LogP contribution is -2.30. The molecule has 4 heteroatoms. The van der Waals surface area contributed by atoms with E-state index in [-0.39, 0.29) is 17.7 Å². The number of nitrogens with zero attached hydrogens (tertiary/aromatic N) is 2. The zero-order valence-corrected chi connectivity index (χ0v) is 8.60. The predicted molar refractivity (Wildman–Crippen MR) is 56.3 cm³/mol. The molecule has 0 radical (unpaired) electrons. The Bertz CT molecular complexity index is 331. The Morgan fingerprint density at radius 2 is 2.07 bits per heavy atom. The van der Waals surface area contributed by atoms with E-state index in [4.69, 9.17) is 5.73 Å². The number of hydrogen-bond acceptors (Lipinski definition) is 4. The number of hydrogen-bond donors (Lipinski definition) is 1. The van der Waals surface area contributed by atoms with Gasteiger partial charge in [0.2, 0.25) is 0 Å². The van der Waals surface area contributed by atoms with Crippen molar-refractivity contribution < 1.29 is 4.79 Å². The standard InChI is InChI=1S/C11H15N3O/c12-9-5-3-8(4-6-9)11(15)10-2-1-7-13-14-10/h1-2,7-9H,3-6,12H2. The summed E-state index contributed by atoms with van der Waals surface area (Å²) in [6.45, 7) is 0. The summed E-state index contributed by atoms with van der Waals surface area (Å²) >= 11 is 0. The third-order valence-corrected chi connectivity index (χ3v) is 2.97. The normalized spacial score (nSPS) is 26.2. The molecule has 0 aliphatic heterocycles. The average molecular weight is 205 g/mol. The largest absolute Gasteiger partial charge is 0.328 e. The lowest BCUT2D eigenvalue weighted by Gasteiger charge is -2.24. The van der Waals surface area contributed by atoms with Crippen LogP contribution in [0.25, 0.3) is 0 Å². The molecular formula is C11H15N3O. The molecule has 0 spiro atoms. The van der Waals surface area contributed by atoms with E-state index in [1.807, 2.05) is 0 Å². The van der Waals surface area contributed by atoms with Crippen LogP contribution in [0.5, 0.6) is 0 Å². The lowest BCUT2D eigenvalue weighted by atomic mass is 9.83. The fourth-order valence-electron chi connectivity index (χ4n) is 2.02. The van der Waals surface area contributed by atoms with Crippen molar-refractivity contribution in [2.45, 2.75) is 31.7 Å². The van der Waals surface area contributed by atoms with E-state index in [0.717, 1.165) is 25.7 Å². The molecule has 0 amide bonds. The molecule has 0 atom stereocenters. The van der Waals surface area contributed by atoms with E-state index in [1.165, 1.54) is 0 Å². The molecule has 0 unspecified atom stereocenters. The van der Waals surface area contributed by atoms with Crippen LogP contribution in [-0.2, 0) is 0 Å². The fraction of sp³-hybridized carbons (Fsp3) is 0.545.